The summed E-state index contributed by atoms with van der Waals surface area (Å²) in [6.45, 7) is 5.98. The molecule has 1 saturated heterocycles. The lowest BCUT2D eigenvalue weighted by Crippen LogP contribution is -2.44. The molecule has 9 heteroatoms. The summed E-state index contributed by atoms with van der Waals surface area (Å²) in [6, 6.07) is 9.84. The number of ether oxygens (including phenoxy) is 2. The zero-order chi connectivity index (χ0) is 25.9. The van der Waals surface area contributed by atoms with Crippen molar-refractivity contribution in [3.05, 3.63) is 36.1 Å². The number of nitrogens with zero attached hydrogens (tertiary/aromatic N) is 2. The number of aryl methyl sites for hydroxylation is 1. The zero-order valence-electron chi connectivity index (χ0n) is 21.8. The van der Waals surface area contributed by atoms with Crippen LogP contribution in [0.3, 0.4) is 0 Å². The first-order chi connectivity index (χ1) is 18.0. The predicted octanol–water partition coefficient (Wildman–Crippen LogP) is 4.48. The molecule has 0 spiro atoms. The van der Waals surface area contributed by atoms with Crippen LogP contribution in [0.4, 0.5) is 5.69 Å². The Morgan fingerprint density at radius 3 is 2.49 bits per heavy atom. The summed E-state index contributed by atoms with van der Waals surface area (Å²) < 4.78 is 16.9. The fraction of sp³-hybridized carbons (Fsp3) is 0.500. The molecule has 0 bridgehead atoms. The first-order valence-corrected chi connectivity index (χ1v) is 13.0. The Balaban J connectivity index is 1.25. The molecule has 2 aliphatic rings. The fourth-order valence-electron chi connectivity index (χ4n) is 5.58. The molecule has 37 heavy (non-hydrogen) atoms. The molecular weight excluding hydrogens is 472 g/mol. The molecule has 198 valence electrons. The Morgan fingerprint density at radius 1 is 1.11 bits per heavy atom. The number of hydroxylamine groups is 1. The van der Waals surface area contributed by atoms with Crippen molar-refractivity contribution in [1.29, 1.82) is 0 Å². The second-order valence-corrected chi connectivity index (χ2v) is 10.3. The number of hydrogen-bond acceptors (Lipinski definition) is 8. The maximum atomic E-state index is 11.5. The molecule has 0 unspecified atom stereocenters. The number of fused-ring (bicyclic) bond motifs is 1. The van der Waals surface area contributed by atoms with Crippen LogP contribution in [0.2, 0.25) is 0 Å². The van der Waals surface area contributed by atoms with Crippen molar-refractivity contribution in [2.24, 2.45) is 17.8 Å². The van der Waals surface area contributed by atoms with E-state index in [1.54, 1.807) is 19.7 Å². The third-order valence-corrected chi connectivity index (χ3v) is 7.83. The lowest BCUT2D eigenvalue weighted by Gasteiger charge is -2.40. The highest BCUT2D eigenvalue weighted by Gasteiger charge is 2.35. The molecule has 3 heterocycles. The first-order valence-electron chi connectivity index (χ1n) is 13.0. The van der Waals surface area contributed by atoms with Crippen molar-refractivity contribution in [1.82, 2.24) is 15.4 Å². The topological polar surface area (TPSA) is 109 Å². The van der Waals surface area contributed by atoms with Gasteiger partial charge in [0.05, 0.1) is 19.7 Å². The van der Waals surface area contributed by atoms with E-state index in [9.17, 15) is 4.79 Å². The molecule has 1 saturated carbocycles. The van der Waals surface area contributed by atoms with Gasteiger partial charge in [-0.3, -0.25) is 10.0 Å². The van der Waals surface area contributed by atoms with Gasteiger partial charge in [0, 0.05) is 36.1 Å². The summed E-state index contributed by atoms with van der Waals surface area (Å²) in [7, 11) is 3.27. The highest BCUT2D eigenvalue weighted by molar-refractivity contribution is 5.95. The molecule has 2 aromatic heterocycles. The first kappa shape index (κ1) is 25.4. The maximum absolute atomic E-state index is 11.5. The maximum Gasteiger partial charge on any atom is 0.246 e. The second kappa shape index (κ2) is 11.0. The van der Waals surface area contributed by atoms with Gasteiger partial charge >= 0.3 is 0 Å². The Hall–Kier alpha value is -3.30. The smallest absolute Gasteiger partial charge is 0.246 e. The van der Waals surface area contributed by atoms with Crippen LogP contribution in [-0.4, -0.2) is 61.4 Å². The minimum Gasteiger partial charge on any atom is -0.493 e. The summed E-state index contributed by atoms with van der Waals surface area (Å²) in [6.07, 6.45) is 4.00. The number of nitrogens with one attached hydrogen (secondary N) is 2. The third kappa shape index (κ3) is 5.52. The predicted molar refractivity (Wildman–Crippen MR) is 141 cm³/mol. The molecule has 2 fully saturated rings. The van der Waals surface area contributed by atoms with Crippen molar-refractivity contribution >= 4 is 22.5 Å². The molecule has 1 aliphatic heterocycles. The molecule has 5 rings (SSSR count). The summed E-state index contributed by atoms with van der Waals surface area (Å²) in [5, 5.41) is 13.5. The molecular formula is C28H36N4O5. The van der Waals surface area contributed by atoms with E-state index in [-0.39, 0.29) is 11.8 Å². The van der Waals surface area contributed by atoms with Crippen LogP contribution in [0.25, 0.3) is 22.4 Å². The van der Waals surface area contributed by atoms with E-state index in [1.165, 1.54) is 0 Å². The number of carbonyl (C=O) groups excluding carboxylic acids is 1. The van der Waals surface area contributed by atoms with Gasteiger partial charge in [-0.15, -0.1) is 0 Å². The number of rotatable bonds is 9. The summed E-state index contributed by atoms with van der Waals surface area (Å²) in [5.74, 6) is 3.75. The molecule has 1 amide bonds. The zero-order valence-corrected chi connectivity index (χ0v) is 21.8. The molecule has 3 N–H and O–H groups in total. The number of benzene rings is 1. The van der Waals surface area contributed by atoms with E-state index >= 15 is 0 Å². The molecule has 0 atom stereocenters. The lowest BCUT2D eigenvalue weighted by molar-refractivity contribution is -0.138. The number of anilines is 1. The van der Waals surface area contributed by atoms with Gasteiger partial charge in [0.25, 0.3) is 0 Å². The number of aromatic nitrogens is 1. The van der Waals surface area contributed by atoms with Gasteiger partial charge in [0.15, 0.2) is 17.3 Å². The fourth-order valence-corrected chi connectivity index (χ4v) is 5.58. The lowest BCUT2D eigenvalue weighted by atomic mass is 9.74. The van der Waals surface area contributed by atoms with Crippen molar-refractivity contribution in [3.63, 3.8) is 0 Å². The average Bonchev–Trinajstić information content (AvgIpc) is 3.34. The molecule has 0 radical (unpaired) electrons. The van der Waals surface area contributed by atoms with Crippen molar-refractivity contribution in [2.75, 3.05) is 45.7 Å². The quantitative estimate of drug-likeness (QED) is 0.287. The van der Waals surface area contributed by atoms with Crippen molar-refractivity contribution in [2.45, 2.75) is 32.6 Å². The minimum atomic E-state index is -0.244. The van der Waals surface area contributed by atoms with Gasteiger partial charge < -0.3 is 24.1 Å². The highest BCUT2D eigenvalue weighted by atomic mass is 16.5. The van der Waals surface area contributed by atoms with E-state index < -0.39 is 0 Å². The summed E-state index contributed by atoms with van der Waals surface area (Å²) in [4.78, 5) is 18.9. The molecule has 1 aromatic carbocycles. The Bertz CT molecular complexity index is 1240. The Kier molecular flexibility index (Phi) is 7.53. The van der Waals surface area contributed by atoms with Crippen LogP contribution >= 0.6 is 0 Å². The Morgan fingerprint density at radius 2 is 1.84 bits per heavy atom. The van der Waals surface area contributed by atoms with E-state index in [1.807, 2.05) is 31.2 Å². The number of pyridine rings is 1. The third-order valence-electron chi connectivity index (χ3n) is 7.83. The number of likely N-dealkylation sites (tertiary alicyclic amines) is 1. The minimum absolute atomic E-state index is 0.0273. The molecule has 3 aromatic rings. The standard InChI is InChI=1S/C28H36N4O5/c1-17-4-5-25(37-17)24-13-22(21-12-26(35-2)27(36-3)14-23(21)30-24)29-15-18-6-8-32(9-7-18)16-19-10-20(11-19)28(33)31-34/h4-5,12-14,18-20,34H,6-11,15-16H2,1-3H3,(H,29,30)(H,31,33). The Labute approximate surface area is 217 Å². The van der Waals surface area contributed by atoms with Gasteiger partial charge in [0.2, 0.25) is 5.91 Å². The summed E-state index contributed by atoms with van der Waals surface area (Å²) in [5.41, 5.74) is 4.37. The van der Waals surface area contributed by atoms with Gasteiger partial charge in [-0.2, -0.15) is 0 Å². The van der Waals surface area contributed by atoms with Gasteiger partial charge in [0.1, 0.15) is 11.5 Å². The number of methoxy groups -OCH3 is 2. The van der Waals surface area contributed by atoms with Crippen LogP contribution < -0.4 is 20.3 Å². The normalized spacial score (nSPS) is 20.4. The van der Waals surface area contributed by atoms with E-state index in [0.717, 1.165) is 85.7 Å². The van der Waals surface area contributed by atoms with E-state index in [4.69, 9.17) is 24.1 Å². The largest absolute Gasteiger partial charge is 0.493 e. The van der Waals surface area contributed by atoms with E-state index in [2.05, 4.69) is 16.3 Å². The second-order valence-electron chi connectivity index (χ2n) is 10.3. The number of hydrogen-bond donors (Lipinski definition) is 3. The van der Waals surface area contributed by atoms with Crippen LogP contribution in [0.5, 0.6) is 11.5 Å². The average molecular weight is 509 g/mol. The number of carbonyl (C=O) groups is 1. The van der Waals surface area contributed by atoms with Gasteiger partial charge in [-0.1, -0.05) is 0 Å². The van der Waals surface area contributed by atoms with Gasteiger partial charge in [-0.05, 0) is 81.8 Å². The van der Waals surface area contributed by atoms with Crippen molar-refractivity contribution in [3.8, 4) is 23.0 Å². The van der Waals surface area contributed by atoms with Gasteiger partial charge in [-0.25, -0.2) is 10.5 Å². The summed E-state index contributed by atoms with van der Waals surface area (Å²) >= 11 is 0. The molecule has 1 aliphatic carbocycles. The monoisotopic (exact) mass is 508 g/mol. The van der Waals surface area contributed by atoms with Crippen LogP contribution in [0.1, 0.15) is 31.4 Å². The number of amides is 1. The van der Waals surface area contributed by atoms with Crippen molar-refractivity contribution < 1.29 is 23.9 Å². The van der Waals surface area contributed by atoms with Crippen LogP contribution in [0, 0.1) is 24.7 Å². The highest BCUT2D eigenvalue weighted by Crippen LogP contribution is 2.38. The number of piperidine rings is 1. The van der Waals surface area contributed by atoms with E-state index in [0.29, 0.717) is 23.3 Å². The molecule has 9 nitrogen and oxygen atoms in total. The SMILES string of the molecule is COc1cc2nc(-c3ccc(C)o3)cc(NCC3CCN(CC4CC(C(=O)NO)C4)CC3)c2cc1OC. The van der Waals surface area contributed by atoms with Crippen LogP contribution in [-0.2, 0) is 4.79 Å². The number of furan rings is 1. The van der Waals surface area contributed by atoms with Crippen LogP contribution in [0.15, 0.2) is 34.7 Å².